The van der Waals surface area contributed by atoms with Crippen LogP contribution in [0.25, 0.3) is 0 Å². The molecule has 0 saturated heterocycles. The van der Waals surface area contributed by atoms with Crippen LogP contribution in [0.2, 0.25) is 0 Å². The summed E-state index contributed by atoms with van der Waals surface area (Å²) in [6.45, 7) is -0.248. The van der Waals surface area contributed by atoms with Crippen molar-refractivity contribution < 1.29 is 23.8 Å². The molecule has 0 saturated carbocycles. The zero-order valence-electron chi connectivity index (χ0n) is 8.49. The number of carbonyl (C=O) groups is 2. The Bertz CT molecular complexity index is 419. The normalized spacial score (nSPS) is 9.62. The average molecular weight is 227 g/mol. The van der Waals surface area contributed by atoms with E-state index in [1.165, 1.54) is 13.1 Å². The zero-order chi connectivity index (χ0) is 12.1. The molecule has 6 heteroatoms. The summed E-state index contributed by atoms with van der Waals surface area (Å²) in [4.78, 5) is 21.3. The van der Waals surface area contributed by atoms with Crippen LogP contribution < -0.4 is 10.1 Å². The maximum absolute atomic E-state index is 13.1. The summed E-state index contributed by atoms with van der Waals surface area (Å²) in [6, 6.07) is 3.29. The van der Waals surface area contributed by atoms with Crippen molar-refractivity contribution in [1.82, 2.24) is 5.32 Å². The molecule has 0 radical (unpaired) electrons. The third-order valence-corrected chi connectivity index (χ3v) is 1.82. The van der Waals surface area contributed by atoms with Crippen molar-refractivity contribution in [2.24, 2.45) is 0 Å². The fourth-order valence-corrected chi connectivity index (χ4v) is 0.980. The highest BCUT2D eigenvalue weighted by atomic mass is 19.1. The molecule has 1 aromatic carbocycles. The van der Waals surface area contributed by atoms with Gasteiger partial charge in [-0.2, -0.15) is 0 Å². The van der Waals surface area contributed by atoms with Crippen LogP contribution in [0.3, 0.4) is 0 Å². The number of nitrogens with one attached hydrogen (secondary N) is 1. The van der Waals surface area contributed by atoms with E-state index in [1.807, 2.05) is 0 Å². The van der Waals surface area contributed by atoms with Gasteiger partial charge in [-0.3, -0.25) is 4.79 Å². The zero-order valence-corrected chi connectivity index (χ0v) is 8.49. The number of rotatable bonds is 4. The molecule has 1 rings (SSSR count). The van der Waals surface area contributed by atoms with Crippen LogP contribution in [-0.2, 0) is 4.79 Å². The van der Waals surface area contributed by atoms with Crippen molar-refractivity contribution in [3.05, 3.63) is 29.6 Å². The number of hydrogen-bond donors (Lipinski definition) is 2. The first-order chi connectivity index (χ1) is 7.54. The Morgan fingerprint density at radius 3 is 2.69 bits per heavy atom. The first kappa shape index (κ1) is 12.0. The lowest BCUT2D eigenvalue weighted by molar-refractivity contribution is -0.122. The van der Waals surface area contributed by atoms with E-state index in [2.05, 4.69) is 5.32 Å². The van der Waals surface area contributed by atoms with Gasteiger partial charge in [-0.05, 0) is 12.1 Å². The van der Waals surface area contributed by atoms with Gasteiger partial charge < -0.3 is 15.2 Å². The van der Waals surface area contributed by atoms with Crippen molar-refractivity contribution in [2.45, 2.75) is 0 Å². The summed E-state index contributed by atoms with van der Waals surface area (Å²) in [7, 11) is 1.44. The molecule has 1 amide bonds. The molecule has 0 aliphatic rings. The lowest BCUT2D eigenvalue weighted by Crippen LogP contribution is -2.24. The molecule has 0 aliphatic heterocycles. The number of carboxylic acids is 1. The van der Waals surface area contributed by atoms with Crippen LogP contribution in [0.5, 0.6) is 5.75 Å². The molecule has 2 N–H and O–H groups in total. The predicted molar refractivity (Wildman–Crippen MR) is 52.9 cm³/mol. The number of halogens is 1. The van der Waals surface area contributed by atoms with Crippen LogP contribution in [0.1, 0.15) is 10.4 Å². The van der Waals surface area contributed by atoms with Crippen molar-refractivity contribution >= 4 is 11.9 Å². The standard InChI is InChI=1S/C10H10FNO4/c1-12-9(13)5-16-6-2-3-7(10(14)15)8(11)4-6/h2-4H,5H2,1H3,(H,12,13)(H,14,15). The van der Waals surface area contributed by atoms with Gasteiger partial charge in [-0.1, -0.05) is 0 Å². The van der Waals surface area contributed by atoms with E-state index >= 15 is 0 Å². The molecular weight excluding hydrogens is 217 g/mol. The highest BCUT2D eigenvalue weighted by Gasteiger charge is 2.11. The van der Waals surface area contributed by atoms with E-state index in [1.54, 1.807) is 0 Å². The molecule has 86 valence electrons. The Labute approximate surface area is 90.8 Å². The second-order valence-corrected chi connectivity index (χ2v) is 2.91. The lowest BCUT2D eigenvalue weighted by atomic mass is 10.2. The van der Waals surface area contributed by atoms with Crippen molar-refractivity contribution in [1.29, 1.82) is 0 Å². The minimum Gasteiger partial charge on any atom is -0.484 e. The van der Waals surface area contributed by atoms with Crippen molar-refractivity contribution in [3.63, 3.8) is 0 Å². The van der Waals surface area contributed by atoms with Crippen LogP contribution >= 0.6 is 0 Å². The summed E-state index contributed by atoms with van der Waals surface area (Å²) in [6.07, 6.45) is 0. The number of benzene rings is 1. The molecule has 0 unspecified atom stereocenters. The summed E-state index contributed by atoms with van der Waals surface area (Å²) in [5.74, 6) is -2.51. The number of aromatic carboxylic acids is 1. The van der Waals surface area contributed by atoms with Crippen LogP contribution in [0.4, 0.5) is 4.39 Å². The summed E-state index contributed by atoms with van der Waals surface area (Å²) in [5.41, 5.74) is -0.438. The number of ether oxygens (including phenoxy) is 1. The van der Waals surface area contributed by atoms with Crippen molar-refractivity contribution in [3.8, 4) is 5.75 Å². The smallest absolute Gasteiger partial charge is 0.338 e. The molecule has 0 fully saturated rings. The molecule has 5 nitrogen and oxygen atoms in total. The molecule has 0 aromatic heterocycles. The Morgan fingerprint density at radius 1 is 1.50 bits per heavy atom. The van der Waals surface area contributed by atoms with Gasteiger partial charge in [0.15, 0.2) is 6.61 Å². The lowest BCUT2D eigenvalue weighted by Gasteiger charge is -2.05. The summed E-state index contributed by atoms with van der Waals surface area (Å²) in [5, 5.41) is 10.9. The van der Waals surface area contributed by atoms with E-state index in [9.17, 15) is 14.0 Å². The molecule has 0 aliphatic carbocycles. The largest absolute Gasteiger partial charge is 0.484 e. The number of hydrogen-bond acceptors (Lipinski definition) is 3. The van der Waals surface area contributed by atoms with E-state index in [0.29, 0.717) is 0 Å². The maximum Gasteiger partial charge on any atom is 0.338 e. The van der Waals surface area contributed by atoms with E-state index in [-0.39, 0.29) is 18.3 Å². The fourth-order valence-electron chi connectivity index (χ4n) is 0.980. The summed E-state index contributed by atoms with van der Waals surface area (Å²) < 4.78 is 18.1. The number of amides is 1. The Balaban J connectivity index is 2.74. The topological polar surface area (TPSA) is 75.6 Å². The van der Waals surface area contributed by atoms with Gasteiger partial charge in [0.25, 0.3) is 5.91 Å². The van der Waals surface area contributed by atoms with E-state index in [4.69, 9.17) is 9.84 Å². The van der Waals surface area contributed by atoms with Crippen LogP contribution in [0, 0.1) is 5.82 Å². The van der Waals surface area contributed by atoms with Gasteiger partial charge in [0.05, 0.1) is 5.56 Å². The third-order valence-electron chi connectivity index (χ3n) is 1.82. The summed E-state index contributed by atoms with van der Waals surface area (Å²) >= 11 is 0. The minimum atomic E-state index is -1.35. The second kappa shape index (κ2) is 5.11. The Hall–Kier alpha value is -2.11. The molecular formula is C10H10FNO4. The minimum absolute atomic E-state index is 0.103. The molecule has 1 aromatic rings. The average Bonchev–Trinajstić information content (AvgIpc) is 2.25. The Morgan fingerprint density at radius 2 is 2.19 bits per heavy atom. The fraction of sp³-hybridized carbons (Fsp3) is 0.200. The maximum atomic E-state index is 13.1. The second-order valence-electron chi connectivity index (χ2n) is 2.91. The number of likely N-dealkylation sites (N-methyl/N-ethyl adjacent to an activating group) is 1. The first-order valence-corrected chi connectivity index (χ1v) is 4.41. The van der Waals surface area contributed by atoms with Crippen LogP contribution in [-0.4, -0.2) is 30.6 Å². The third kappa shape index (κ3) is 2.94. The van der Waals surface area contributed by atoms with Gasteiger partial charge >= 0.3 is 5.97 Å². The van der Waals surface area contributed by atoms with Gasteiger partial charge in [0.1, 0.15) is 11.6 Å². The van der Waals surface area contributed by atoms with Gasteiger partial charge in [0.2, 0.25) is 0 Å². The van der Waals surface area contributed by atoms with Crippen molar-refractivity contribution in [2.75, 3.05) is 13.7 Å². The van der Waals surface area contributed by atoms with Gasteiger partial charge in [-0.25, -0.2) is 9.18 Å². The SMILES string of the molecule is CNC(=O)COc1ccc(C(=O)O)c(F)c1. The molecule has 0 heterocycles. The highest BCUT2D eigenvalue weighted by Crippen LogP contribution is 2.16. The molecule has 0 atom stereocenters. The Kier molecular flexibility index (Phi) is 3.82. The monoisotopic (exact) mass is 227 g/mol. The molecule has 0 spiro atoms. The number of carboxylic acid groups (broad SMARTS) is 1. The van der Waals surface area contributed by atoms with Crippen LogP contribution in [0.15, 0.2) is 18.2 Å². The molecule has 16 heavy (non-hydrogen) atoms. The number of carbonyl (C=O) groups excluding carboxylic acids is 1. The van der Waals surface area contributed by atoms with E-state index < -0.39 is 17.3 Å². The molecule has 0 bridgehead atoms. The highest BCUT2D eigenvalue weighted by molar-refractivity contribution is 5.88. The van der Waals surface area contributed by atoms with E-state index in [0.717, 1.165) is 12.1 Å². The predicted octanol–water partition coefficient (Wildman–Crippen LogP) is 0.649. The van der Waals surface area contributed by atoms with Gasteiger partial charge in [0, 0.05) is 13.1 Å². The first-order valence-electron chi connectivity index (χ1n) is 4.41. The quantitative estimate of drug-likeness (QED) is 0.791. The van der Waals surface area contributed by atoms with Gasteiger partial charge in [-0.15, -0.1) is 0 Å².